The van der Waals surface area contributed by atoms with Crippen LogP contribution < -0.4 is 5.32 Å². The van der Waals surface area contributed by atoms with Crippen molar-refractivity contribution in [3.05, 3.63) is 101 Å². The molecular formula is C29H27ClF3N5O2. The molecule has 0 bridgehead atoms. The van der Waals surface area contributed by atoms with E-state index in [0.29, 0.717) is 28.5 Å². The van der Waals surface area contributed by atoms with Gasteiger partial charge in [-0.25, -0.2) is 4.98 Å². The van der Waals surface area contributed by atoms with E-state index in [1.165, 1.54) is 21.6 Å². The maximum Gasteiger partial charge on any atom is 0.416 e. The van der Waals surface area contributed by atoms with Gasteiger partial charge in [0.05, 0.1) is 11.3 Å². The quantitative estimate of drug-likeness (QED) is 0.274. The Hall–Kier alpha value is -4.15. The van der Waals surface area contributed by atoms with E-state index < -0.39 is 17.6 Å². The van der Waals surface area contributed by atoms with Crippen molar-refractivity contribution in [3.63, 3.8) is 0 Å². The van der Waals surface area contributed by atoms with E-state index in [1.807, 2.05) is 49.3 Å². The number of carbonyl (C=O) groups excluding carboxylic acids is 2. The topological polar surface area (TPSA) is 70.5 Å². The highest BCUT2D eigenvalue weighted by Gasteiger charge is 2.30. The molecule has 2 amide bonds. The minimum atomic E-state index is -4.48. The van der Waals surface area contributed by atoms with Gasteiger partial charge in [0, 0.05) is 41.1 Å². The van der Waals surface area contributed by atoms with Crippen LogP contribution in [-0.2, 0) is 11.0 Å². The number of amides is 2. The van der Waals surface area contributed by atoms with E-state index in [-0.39, 0.29) is 24.9 Å². The predicted molar refractivity (Wildman–Crippen MR) is 149 cm³/mol. The summed E-state index contributed by atoms with van der Waals surface area (Å²) in [6.45, 7) is 0.533. The van der Waals surface area contributed by atoms with Crippen molar-refractivity contribution in [2.75, 3.05) is 39.0 Å². The van der Waals surface area contributed by atoms with E-state index in [0.717, 1.165) is 17.7 Å². The zero-order valence-electron chi connectivity index (χ0n) is 21.8. The highest BCUT2D eigenvalue weighted by molar-refractivity contribution is 6.30. The fourth-order valence-corrected chi connectivity index (χ4v) is 4.04. The molecule has 11 heteroatoms. The minimum absolute atomic E-state index is 0.107. The average Bonchev–Trinajstić information content (AvgIpc) is 3.34. The van der Waals surface area contributed by atoms with Crippen LogP contribution in [0.2, 0.25) is 5.02 Å². The number of carbonyl (C=O) groups is 2. The van der Waals surface area contributed by atoms with Crippen molar-refractivity contribution < 1.29 is 22.8 Å². The summed E-state index contributed by atoms with van der Waals surface area (Å²) in [4.78, 5) is 34.3. The van der Waals surface area contributed by atoms with E-state index >= 15 is 0 Å². The molecule has 3 aromatic carbocycles. The number of likely N-dealkylation sites (N-methyl/N-ethyl adjacent to an activating group) is 1. The molecule has 0 radical (unpaired) electrons. The molecule has 1 N–H and O–H groups in total. The van der Waals surface area contributed by atoms with Gasteiger partial charge in [0.15, 0.2) is 0 Å². The van der Waals surface area contributed by atoms with Crippen molar-refractivity contribution in [1.29, 1.82) is 0 Å². The Bertz CT molecular complexity index is 1450. The van der Waals surface area contributed by atoms with Crippen molar-refractivity contribution in [2.24, 2.45) is 0 Å². The second-order valence-corrected chi connectivity index (χ2v) is 9.75. The molecule has 0 aliphatic heterocycles. The first-order valence-corrected chi connectivity index (χ1v) is 12.7. The van der Waals surface area contributed by atoms with Crippen molar-refractivity contribution in [3.8, 4) is 16.9 Å². The standard InChI is InChI=1S/C29H27ClF3N5O2/c1-36(2)16-17-37(27(40)21-8-12-23(30)13-9-21)19-26(39)35-28-34-25(20-6-4-3-5-7-20)18-38(28)24-14-10-22(11-15-24)29(31,32)33/h3-15,18H,16-17,19H2,1-2H3,(H,34,35,39). The summed E-state index contributed by atoms with van der Waals surface area (Å²) in [5.74, 6) is -0.751. The smallest absolute Gasteiger partial charge is 0.328 e. The lowest BCUT2D eigenvalue weighted by atomic mass is 10.2. The fourth-order valence-electron chi connectivity index (χ4n) is 3.91. The van der Waals surface area contributed by atoms with Crippen molar-refractivity contribution >= 4 is 29.4 Å². The van der Waals surface area contributed by atoms with Crippen LogP contribution in [0.25, 0.3) is 16.9 Å². The number of nitrogens with one attached hydrogen (secondary N) is 1. The molecule has 0 aliphatic carbocycles. The Kier molecular flexibility index (Phi) is 8.91. The summed E-state index contributed by atoms with van der Waals surface area (Å²) in [5.41, 5.74) is 1.24. The van der Waals surface area contributed by atoms with E-state index in [2.05, 4.69) is 10.3 Å². The molecule has 208 valence electrons. The number of nitrogens with zero attached hydrogens (tertiary/aromatic N) is 4. The predicted octanol–water partition coefficient (Wildman–Crippen LogP) is 5.85. The van der Waals surface area contributed by atoms with Crippen LogP contribution in [0.15, 0.2) is 85.1 Å². The number of alkyl halides is 3. The van der Waals surface area contributed by atoms with Gasteiger partial charge < -0.3 is 9.80 Å². The number of rotatable bonds is 9. The highest BCUT2D eigenvalue weighted by Crippen LogP contribution is 2.31. The second-order valence-electron chi connectivity index (χ2n) is 9.32. The summed E-state index contributed by atoms with van der Waals surface area (Å²) in [6, 6.07) is 20.1. The number of benzene rings is 3. The van der Waals surface area contributed by atoms with E-state index in [1.54, 1.807) is 30.5 Å². The number of aromatic nitrogens is 2. The van der Waals surface area contributed by atoms with Gasteiger partial charge in [0.25, 0.3) is 5.91 Å². The van der Waals surface area contributed by atoms with Crippen LogP contribution >= 0.6 is 11.6 Å². The third-order valence-corrected chi connectivity index (χ3v) is 6.28. The van der Waals surface area contributed by atoms with Crippen LogP contribution in [0.4, 0.5) is 19.1 Å². The van der Waals surface area contributed by atoms with Gasteiger partial charge in [-0.1, -0.05) is 41.9 Å². The van der Waals surface area contributed by atoms with Crippen LogP contribution in [0.5, 0.6) is 0 Å². The van der Waals surface area contributed by atoms with Gasteiger partial charge in [-0.05, 0) is 62.6 Å². The molecule has 1 heterocycles. The van der Waals surface area contributed by atoms with Crippen molar-refractivity contribution in [1.82, 2.24) is 19.4 Å². The average molecular weight is 570 g/mol. The Morgan fingerprint density at radius 2 is 1.57 bits per heavy atom. The maximum absolute atomic E-state index is 13.2. The molecular weight excluding hydrogens is 543 g/mol. The maximum atomic E-state index is 13.2. The molecule has 7 nitrogen and oxygen atoms in total. The molecule has 1 aromatic heterocycles. The van der Waals surface area contributed by atoms with Crippen molar-refractivity contribution in [2.45, 2.75) is 6.18 Å². The summed E-state index contributed by atoms with van der Waals surface area (Å²) in [5, 5.41) is 3.22. The Balaban J connectivity index is 1.62. The number of imidazole rings is 1. The summed E-state index contributed by atoms with van der Waals surface area (Å²) >= 11 is 5.96. The van der Waals surface area contributed by atoms with Gasteiger partial charge in [-0.2, -0.15) is 13.2 Å². The first-order valence-electron chi connectivity index (χ1n) is 12.3. The first-order chi connectivity index (χ1) is 19.0. The summed E-state index contributed by atoms with van der Waals surface area (Å²) in [6.07, 6.45) is -2.84. The van der Waals surface area contributed by atoms with Gasteiger partial charge >= 0.3 is 6.18 Å². The zero-order chi connectivity index (χ0) is 28.9. The largest absolute Gasteiger partial charge is 0.416 e. The number of hydrogen-bond donors (Lipinski definition) is 1. The van der Waals surface area contributed by atoms with Crippen LogP contribution in [0, 0.1) is 0 Å². The molecule has 0 unspecified atom stereocenters. The Morgan fingerprint density at radius 1 is 0.925 bits per heavy atom. The van der Waals surface area contributed by atoms with E-state index in [9.17, 15) is 22.8 Å². The third-order valence-electron chi connectivity index (χ3n) is 6.03. The monoisotopic (exact) mass is 569 g/mol. The van der Waals surface area contributed by atoms with Crippen LogP contribution in [-0.4, -0.2) is 64.9 Å². The number of hydrogen-bond acceptors (Lipinski definition) is 4. The summed E-state index contributed by atoms with van der Waals surface area (Å²) < 4.78 is 40.9. The molecule has 4 aromatic rings. The minimum Gasteiger partial charge on any atom is -0.328 e. The molecule has 0 spiro atoms. The molecule has 0 aliphatic rings. The lowest BCUT2D eigenvalue weighted by molar-refractivity contribution is -0.137. The third kappa shape index (κ3) is 7.28. The second kappa shape index (κ2) is 12.4. The summed E-state index contributed by atoms with van der Waals surface area (Å²) in [7, 11) is 3.72. The fraction of sp³-hybridized carbons (Fsp3) is 0.207. The van der Waals surface area contributed by atoms with E-state index in [4.69, 9.17) is 11.6 Å². The zero-order valence-corrected chi connectivity index (χ0v) is 22.6. The SMILES string of the molecule is CN(C)CCN(CC(=O)Nc1nc(-c2ccccc2)cn1-c1ccc(C(F)(F)F)cc1)C(=O)c1ccc(Cl)cc1. The Morgan fingerprint density at radius 3 is 2.17 bits per heavy atom. The van der Waals surface area contributed by atoms with Gasteiger partial charge in [0.2, 0.25) is 11.9 Å². The lowest BCUT2D eigenvalue weighted by Gasteiger charge is -2.24. The van der Waals surface area contributed by atoms with Crippen LogP contribution in [0.3, 0.4) is 0 Å². The lowest BCUT2D eigenvalue weighted by Crippen LogP contribution is -2.41. The first kappa shape index (κ1) is 28.8. The number of anilines is 1. The molecule has 0 saturated carbocycles. The van der Waals surface area contributed by atoms with Gasteiger partial charge in [0.1, 0.15) is 6.54 Å². The van der Waals surface area contributed by atoms with Gasteiger partial charge in [-0.15, -0.1) is 0 Å². The number of halogens is 4. The molecule has 0 atom stereocenters. The Labute approximate surface area is 234 Å². The van der Waals surface area contributed by atoms with Gasteiger partial charge in [-0.3, -0.25) is 19.5 Å². The molecule has 0 saturated heterocycles. The molecule has 4 rings (SSSR count). The molecule has 40 heavy (non-hydrogen) atoms. The normalized spacial score (nSPS) is 11.5. The highest BCUT2D eigenvalue weighted by atomic mass is 35.5. The van der Waals surface area contributed by atoms with Crippen LogP contribution in [0.1, 0.15) is 15.9 Å². The molecule has 0 fully saturated rings.